The van der Waals surface area contributed by atoms with Crippen molar-refractivity contribution in [2.45, 2.75) is 18.7 Å². The molecule has 1 aliphatic heterocycles. The Morgan fingerprint density at radius 1 is 1.04 bits per heavy atom. The molecule has 0 radical (unpaired) electrons. The fraction of sp³-hybridized carbons (Fsp3) is 0.333. The number of halogens is 1. The molecule has 25 heavy (non-hydrogen) atoms. The van der Waals surface area contributed by atoms with Crippen LogP contribution < -0.4 is 9.62 Å². The molecule has 0 unspecified atom stereocenters. The molecule has 0 saturated carbocycles. The van der Waals surface area contributed by atoms with Gasteiger partial charge >= 0.3 is 0 Å². The van der Waals surface area contributed by atoms with Crippen molar-refractivity contribution in [3.8, 4) is 0 Å². The third-order valence-corrected chi connectivity index (χ3v) is 5.64. The van der Waals surface area contributed by atoms with Gasteiger partial charge in [-0.2, -0.15) is 0 Å². The van der Waals surface area contributed by atoms with E-state index in [-0.39, 0.29) is 4.90 Å². The van der Waals surface area contributed by atoms with E-state index in [1.54, 1.807) is 6.92 Å². The molecule has 0 atom stereocenters. The molecule has 1 saturated heterocycles. The predicted molar refractivity (Wildman–Crippen MR) is 96.2 cm³/mol. The first-order valence-corrected chi connectivity index (χ1v) is 9.57. The lowest BCUT2D eigenvalue weighted by Crippen LogP contribution is -2.36. The lowest BCUT2D eigenvalue weighted by molar-refractivity contribution is 0.122. The molecule has 134 valence electrons. The largest absolute Gasteiger partial charge is 0.378 e. The van der Waals surface area contributed by atoms with E-state index in [2.05, 4.69) is 9.62 Å². The second-order valence-corrected chi connectivity index (χ2v) is 7.80. The summed E-state index contributed by atoms with van der Waals surface area (Å²) >= 11 is 0. The fourth-order valence-electron chi connectivity index (χ4n) is 2.73. The van der Waals surface area contributed by atoms with Gasteiger partial charge in [-0.25, -0.2) is 12.8 Å². The van der Waals surface area contributed by atoms with Crippen LogP contribution >= 0.6 is 0 Å². The van der Waals surface area contributed by atoms with Crippen molar-refractivity contribution in [1.29, 1.82) is 0 Å². The Hall–Kier alpha value is -2.12. The molecule has 3 rings (SSSR count). The van der Waals surface area contributed by atoms with Gasteiger partial charge in [-0.15, -0.1) is 0 Å². The first kappa shape index (κ1) is 17.7. The SMILES string of the molecule is Cc1cc(S(=O)(=O)Nc2cc(N3CCOCC3)ccc2C)ccc1F. The number of ether oxygens (including phenoxy) is 1. The maximum atomic E-state index is 13.4. The molecular formula is C18H21FN2O3S. The summed E-state index contributed by atoms with van der Waals surface area (Å²) in [5.41, 5.74) is 2.58. The second kappa shape index (κ2) is 7.01. The number of sulfonamides is 1. The van der Waals surface area contributed by atoms with Crippen LogP contribution in [-0.2, 0) is 14.8 Å². The first-order chi connectivity index (χ1) is 11.9. The van der Waals surface area contributed by atoms with Gasteiger partial charge < -0.3 is 9.64 Å². The molecule has 0 spiro atoms. The van der Waals surface area contributed by atoms with Crippen LogP contribution in [0.2, 0.25) is 0 Å². The minimum absolute atomic E-state index is 0.0441. The number of aryl methyl sites for hydroxylation is 2. The van der Waals surface area contributed by atoms with Crippen LogP contribution in [0.3, 0.4) is 0 Å². The summed E-state index contributed by atoms with van der Waals surface area (Å²) in [4.78, 5) is 2.20. The molecule has 2 aromatic rings. The minimum Gasteiger partial charge on any atom is -0.378 e. The van der Waals surface area contributed by atoms with Crippen LogP contribution in [0.25, 0.3) is 0 Å². The molecule has 0 bridgehead atoms. The van der Waals surface area contributed by atoms with Gasteiger partial charge in [0.05, 0.1) is 23.8 Å². The lowest BCUT2D eigenvalue weighted by Gasteiger charge is -2.29. The fourth-order valence-corrected chi connectivity index (χ4v) is 3.93. The Balaban J connectivity index is 1.89. The Morgan fingerprint density at radius 2 is 1.76 bits per heavy atom. The molecule has 7 heteroatoms. The Kier molecular flexibility index (Phi) is 4.96. The molecule has 1 heterocycles. The number of rotatable bonds is 4. The van der Waals surface area contributed by atoms with Crippen LogP contribution in [0.4, 0.5) is 15.8 Å². The number of hydrogen-bond acceptors (Lipinski definition) is 4. The normalized spacial score (nSPS) is 15.2. The molecule has 5 nitrogen and oxygen atoms in total. The van der Waals surface area contributed by atoms with E-state index in [1.165, 1.54) is 18.2 Å². The molecule has 1 N–H and O–H groups in total. The van der Waals surface area contributed by atoms with Gasteiger partial charge in [0.2, 0.25) is 0 Å². The van der Waals surface area contributed by atoms with Gasteiger partial charge in [0.25, 0.3) is 10.0 Å². The highest BCUT2D eigenvalue weighted by Gasteiger charge is 2.18. The minimum atomic E-state index is -3.78. The predicted octanol–water partition coefficient (Wildman–Crippen LogP) is 3.08. The highest BCUT2D eigenvalue weighted by atomic mass is 32.2. The molecule has 0 aliphatic carbocycles. The summed E-state index contributed by atoms with van der Waals surface area (Å²) in [6.07, 6.45) is 0. The van der Waals surface area contributed by atoms with Gasteiger partial charge in [-0.1, -0.05) is 6.07 Å². The Bertz CT molecular complexity index is 878. The van der Waals surface area contributed by atoms with E-state index in [1.807, 2.05) is 25.1 Å². The summed E-state index contributed by atoms with van der Waals surface area (Å²) < 4.78 is 46.7. The lowest BCUT2D eigenvalue weighted by atomic mass is 10.1. The quantitative estimate of drug-likeness (QED) is 0.906. The van der Waals surface area contributed by atoms with E-state index in [0.717, 1.165) is 24.3 Å². The number of nitrogens with zero attached hydrogens (tertiary/aromatic N) is 1. The van der Waals surface area contributed by atoms with Gasteiger partial charge in [0.15, 0.2) is 0 Å². The summed E-state index contributed by atoms with van der Waals surface area (Å²) in [6.45, 7) is 6.24. The zero-order chi connectivity index (χ0) is 18.0. The van der Waals surface area contributed by atoms with Gasteiger partial charge in [0.1, 0.15) is 5.82 Å². The van der Waals surface area contributed by atoms with E-state index in [4.69, 9.17) is 4.74 Å². The summed E-state index contributed by atoms with van der Waals surface area (Å²) in [5, 5.41) is 0. The van der Waals surface area contributed by atoms with Crippen molar-refractivity contribution in [2.24, 2.45) is 0 Å². The van der Waals surface area contributed by atoms with Crippen LogP contribution in [0.1, 0.15) is 11.1 Å². The first-order valence-electron chi connectivity index (χ1n) is 8.09. The van der Waals surface area contributed by atoms with E-state index in [0.29, 0.717) is 24.5 Å². The molecule has 1 aliphatic rings. The monoisotopic (exact) mass is 364 g/mol. The standard InChI is InChI=1S/C18H21FN2O3S/c1-13-3-4-15(21-7-9-24-10-8-21)12-18(13)20-25(22,23)16-5-6-17(19)14(2)11-16/h3-6,11-12,20H,7-10H2,1-2H3. The van der Waals surface area contributed by atoms with Gasteiger partial charge in [0, 0.05) is 18.8 Å². The van der Waals surface area contributed by atoms with Gasteiger partial charge in [-0.3, -0.25) is 4.72 Å². The summed E-state index contributed by atoms with van der Waals surface area (Å²) in [6, 6.07) is 9.46. The maximum absolute atomic E-state index is 13.4. The number of nitrogens with one attached hydrogen (secondary N) is 1. The van der Waals surface area contributed by atoms with Crippen LogP contribution in [0.5, 0.6) is 0 Å². The van der Waals surface area contributed by atoms with Crippen LogP contribution in [0.15, 0.2) is 41.3 Å². The van der Waals surface area contributed by atoms with Crippen molar-refractivity contribution in [3.05, 3.63) is 53.3 Å². The molecular weight excluding hydrogens is 343 g/mol. The van der Waals surface area contributed by atoms with Crippen molar-refractivity contribution < 1.29 is 17.5 Å². The van der Waals surface area contributed by atoms with Crippen molar-refractivity contribution in [1.82, 2.24) is 0 Å². The Labute approximate surface area is 147 Å². The highest BCUT2D eigenvalue weighted by molar-refractivity contribution is 7.92. The third-order valence-electron chi connectivity index (χ3n) is 4.28. The maximum Gasteiger partial charge on any atom is 0.261 e. The van der Waals surface area contributed by atoms with Crippen molar-refractivity contribution in [2.75, 3.05) is 35.9 Å². The van der Waals surface area contributed by atoms with Crippen LogP contribution in [0, 0.1) is 19.7 Å². The summed E-state index contributed by atoms with van der Waals surface area (Å²) in [5.74, 6) is -0.426. The zero-order valence-electron chi connectivity index (χ0n) is 14.3. The van der Waals surface area contributed by atoms with Crippen LogP contribution in [-0.4, -0.2) is 34.7 Å². The van der Waals surface area contributed by atoms with E-state index >= 15 is 0 Å². The number of anilines is 2. The van der Waals surface area contributed by atoms with Crippen molar-refractivity contribution >= 4 is 21.4 Å². The summed E-state index contributed by atoms with van der Waals surface area (Å²) in [7, 11) is -3.78. The smallest absolute Gasteiger partial charge is 0.261 e. The van der Waals surface area contributed by atoms with E-state index in [9.17, 15) is 12.8 Å². The Morgan fingerprint density at radius 3 is 2.44 bits per heavy atom. The average molecular weight is 364 g/mol. The highest BCUT2D eigenvalue weighted by Crippen LogP contribution is 2.26. The second-order valence-electron chi connectivity index (χ2n) is 6.12. The number of morpholine rings is 1. The van der Waals surface area contributed by atoms with Gasteiger partial charge in [-0.05, 0) is 55.3 Å². The topological polar surface area (TPSA) is 58.6 Å². The third kappa shape index (κ3) is 3.93. The molecule has 0 aromatic heterocycles. The average Bonchev–Trinajstić information content (AvgIpc) is 2.60. The van der Waals surface area contributed by atoms with Crippen molar-refractivity contribution in [3.63, 3.8) is 0 Å². The number of hydrogen-bond donors (Lipinski definition) is 1. The zero-order valence-corrected chi connectivity index (χ0v) is 15.1. The van der Waals surface area contributed by atoms with E-state index < -0.39 is 15.8 Å². The number of benzene rings is 2. The molecule has 2 aromatic carbocycles. The molecule has 1 fully saturated rings. The molecule has 0 amide bonds.